The topological polar surface area (TPSA) is 55.5 Å². The van der Waals surface area contributed by atoms with Crippen LogP contribution in [0.3, 0.4) is 0 Å². The lowest BCUT2D eigenvalue weighted by Gasteiger charge is -2.36. The Balaban J connectivity index is 1.32. The summed E-state index contributed by atoms with van der Waals surface area (Å²) in [6, 6.07) is 21.4. The van der Waals surface area contributed by atoms with Crippen molar-refractivity contribution in [2.24, 2.45) is 11.7 Å². The molecule has 0 fully saturated rings. The standard InChI is InChI=1S/C32H27NO2/c33-13-14-35-20-22-3-7-24(8-4-22)30-17-27-11-9-25-15-29(23-5-1-21(19-34)2-6-23)16-26-10-12-28(18-30)32(27)31(25)26/h1-18,25,31,34H,19-20,33H2/b14-13-. The normalized spacial score (nSPS) is 19.3. The minimum absolute atomic E-state index is 0.0725. The molecule has 35 heavy (non-hydrogen) atoms. The van der Waals surface area contributed by atoms with Gasteiger partial charge >= 0.3 is 0 Å². The summed E-state index contributed by atoms with van der Waals surface area (Å²) >= 11 is 0. The van der Waals surface area contributed by atoms with Crippen molar-refractivity contribution >= 4 is 17.7 Å². The Morgan fingerprint density at radius 3 is 2.29 bits per heavy atom. The Kier molecular flexibility index (Phi) is 5.48. The van der Waals surface area contributed by atoms with Crippen molar-refractivity contribution in [2.45, 2.75) is 19.1 Å². The van der Waals surface area contributed by atoms with E-state index in [0.717, 1.165) is 11.1 Å². The maximum absolute atomic E-state index is 9.36. The highest BCUT2D eigenvalue weighted by molar-refractivity contribution is 5.85. The summed E-state index contributed by atoms with van der Waals surface area (Å²) in [5, 5.41) is 9.36. The third kappa shape index (κ3) is 3.94. The number of benzene rings is 3. The predicted octanol–water partition coefficient (Wildman–Crippen LogP) is 6.57. The number of hydrogen-bond donors (Lipinski definition) is 2. The van der Waals surface area contributed by atoms with Gasteiger partial charge in [-0.1, -0.05) is 85.0 Å². The molecular formula is C32H27NO2. The van der Waals surface area contributed by atoms with Gasteiger partial charge in [-0.25, -0.2) is 0 Å². The first kappa shape index (κ1) is 21.5. The Morgan fingerprint density at radius 2 is 1.54 bits per heavy atom. The highest BCUT2D eigenvalue weighted by Gasteiger charge is 2.34. The summed E-state index contributed by atoms with van der Waals surface area (Å²) in [7, 11) is 0. The summed E-state index contributed by atoms with van der Waals surface area (Å²) in [6.45, 7) is 0.581. The molecule has 3 aliphatic carbocycles. The first-order valence-corrected chi connectivity index (χ1v) is 12.0. The van der Waals surface area contributed by atoms with Crippen LogP contribution in [0.1, 0.15) is 39.3 Å². The van der Waals surface area contributed by atoms with Gasteiger partial charge in [0.05, 0.1) is 12.9 Å². The van der Waals surface area contributed by atoms with E-state index in [9.17, 15) is 5.11 Å². The lowest BCUT2D eigenvalue weighted by atomic mass is 9.67. The monoisotopic (exact) mass is 457 g/mol. The Hall–Kier alpha value is -4.08. The van der Waals surface area contributed by atoms with Gasteiger partial charge in [0.25, 0.3) is 0 Å². The first-order chi connectivity index (χ1) is 17.2. The third-order valence-electron chi connectivity index (χ3n) is 7.13. The molecule has 6 rings (SSSR count). The molecule has 0 aromatic heterocycles. The van der Waals surface area contributed by atoms with Crippen LogP contribution in [0.15, 0.2) is 103 Å². The van der Waals surface area contributed by atoms with Gasteiger partial charge in [0.15, 0.2) is 0 Å². The number of aliphatic hydroxyl groups is 1. The molecule has 2 atom stereocenters. The van der Waals surface area contributed by atoms with Crippen molar-refractivity contribution in [1.29, 1.82) is 0 Å². The quantitative estimate of drug-likeness (QED) is 0.412. The van der Waals surface area contributed by atoms with Crippen molar-refractivity contribution in [2.75, 3.05) is 0 Å². The van der Waals surface area contributed by atoms with E-state index in [1.54, 1.807) is 0 Å². The lowest BCUT2D eigenvalue weighted by molar-refractivity contribution is 0.236. The van der Waals surface area contributed by atoms with E-state index in [2.05, 4.69) is 85.0 Å². The molecule has 3 heteroatoms. The zero-order valence-electron chi connectivity index (χ0n) is 19.4. The fraction of sp³-hybridized carbons (Fsp3) is 0.125. The molecule has 0 bridgehead atoms. The van der Waals surface area contributed by atoms with E-state index in [0.29, 0.717) is 18.4 Å². The first-order valence-electron chi connectivity index (χ1n) is 12.0. The van der Waals surface area contributed by atoms with Crippen LogP contribution in [0, 0.1) is 5.92 Å². The molecule has 0 spiro atoms. The molecule has 3 nitrogen and oxygen atoms in total. The van der Waals surface area contributed by atoms with E-state index in [1.807, 2.05) is 12.1 Å². The zero-order chi connectivity index (χ0) is 23.8. The fourth-order valence-corrected chi connectivity index (χ4v) is 5.40. The third-order valence-corrected chi connectivity index (χ3v) is 7.13. The summed E-state index contributed by atoms with van der Waals surface area (Å²) in [4.78, 5) is 0. The average Bonchev–Trinajstić information content (AvgIpc) is 2.92. The minimum Gasteiger partial charge on any atom is -0.495 e. The SMILES string of the molecule is N/C=C\OCc1ccc(-c2cc3c4c(c2)C=CC2C=C(c5ccc(CO)cc5)C=C(C=C3)C42)cc1. The molecule has 3 aromatic carbocycles. The second-order valence-corrected chi connectivity index (χ2v) is 9.27. The Morgan fingerprint density at radius 1 is 0.829 bits per heavy atom. The molecule has 0 saturated carbocycles. The molecular weight excluding hydrogens is 430 g/mol. The van der Waals surface area contributed by atoms with Gasteiger partial charge in [-0.2, -0.15) is 0 Å². The van der Waals surface area contributed by atoms with E-state index in [-0.39, 0.29) is 6.61 Å². The maximum atomic E-state index is 9.36. The van der Waals surface area contributed by atoms with Crippen LogP contribution in [0.4, 0.5) is 0 Å². The number of allylic oxidation sites excluding steroid dienone is 6. The maximum Gasteiger partial charge on any atom is 0.112 e. The highest BCUT2D eigenvalue weighted by Crippen LogP contribution is 2.50. The van der Waals surface area contributed by atoms with E-state index in [4.69, 9.17) is 10.5 Å². The van der Waals surface area contributed by atoms with Gasteiger partial charge in [-0.15, -0.1) is 0 Å². The summed E-state index contributed by atoms with van der Waals surface area (Å²) in [6.07, 6.45) is 16.8. The number of hydrogen-bond acceptors (Lipinski definition) is 3. The molecule has 3 N–H and O–H groups in total. The van der Waals surface area contributed by atoms with Crippen molar-refractivity contribution in [3.63, 3.8) is 0 Å². The van der Waals surface area contributed by atoms with Crippen LogP contribution in [0.5, 0.6) is 0 Å². The molecule has 3 aromatic rings. The molecule has 2 unspecified atom stereocenters. The summed E-state index contributed by atoms with van der Waals surface area (Å²) < 4.78 is 5.38. The number of nitrogens with two attached hydrogens (primary N) is 1. The molecule has 0 aliphatic heterocycles. The number of aliphatic hydroxyl groups excluding tert-OH is 1. The molecule has 0 saturated heterocycles. The number of ether oxygens (including phenoxy) is 1. The van der Waals surface area contributed by atoms with E-state index in [1.165, 1.54) is 57.0 Å². The Labute approximate surface area is 205 Å². The second-order valence-electron chi connectivity index (χ2n) is 9.27. The zero-order valence-corrected chi connectivity index (χ0v) is 19.4. The highest BCUT2D eigenvalue weighted by atomic mass is 16.5. The minimum atomic E-state index is 0.0725. The van der Waals surface area contributed by atoms with Crippen LogP contribution >= 0.6 is 0 Å². The van der Waals surface area contributed by atoms with Crippen molar-refractivity contribution in [1.82, 2.24) is 0 Å². The molecule has 0 radical (unpaired) electrons. The second kappa shape index (κ2) is 8.94. The van der Waals surface area contributed by atoms with Crippen LogP contribution in [0.25, 0.3) is 28.9 Å². The lowest BCUT2D eigenvalue weighted by Crippen LogP contribution is -2.21. The predicted molar refractivity (Wildman–Crippen MR) is 143 cm³/mol. The van der Waals surface area contributed by atoms with Crippen molar-refractivity contribution < 1.29 is 9.84 Å². The van der Waals surface area contributed by atoms with Gasteiger partial charge in [-0.3, -0.25) is 0 Å². The summed E-state index contributed by atoms with van der Waals surface area (Å²) in [5.74, 6) is 0.700. The molecule has 0 amide bonds. The van der Waals surface area contributed by atoms with Gasteiger partial charge < -0.3 is 15.6 Å². The van der Waals surface area contributed by atoms with Gasteiger partial charge in [0, 0.05) is 18.0 Å². The molecule has 0 heterocycles. The molecule has 3 aliphatic rings. The largest absolute Gasteiger partial charge is 0.495 e. The van der Waals surface area contributed by atoms with Crippen LogP contribution < -0.4 is 5.73 Å². The number of rotatable bonds is 6. The Bertz CT molecular complexity index is 1420. The van der Waals surface area contributed by atoms with E-state index < -0.39 is 0 Å². The smallest absolute Gasteiger partial charge is 0.112 e. The fourth-order valence-electron chi connectivity index (χ4n) is 5.40. The molecule has 172 valence electrons. The van der Waals surface area contributed by atoms with Gasteiger partial charge in [0.2, 0.25) is 0 Å². The van der Waals surface area contributed by atoms with Crippen LogP contribution in [0.2, 0.25) is 0 Å². The van der Waals surface area contributed by atoms with E-state index >= 15 is 0 Å². The van der Waals surface area contributed by atoms with Crippen molar-refractivity contribution in [3.8, 4) is 11.1 Å². The van der Waals surface area contributed by atoms with Crippen LogP contribution in [-0.2, 0) is 18.0 Å². The van der Waals surface area contributed by atoms with Crippen LogP contribution in [-0.4, -0.2) is 5.11 Å². The van der Waals surface area contributed by atoms with Gasteiger partial charge in [-0.05, 0) is 67.8 Å². The van der Waals surface area contributed by atoms with Gasteiger partial charge in [0.1, 0.15) is 6.61 Å². The average molecular weight is 458 g/mol. The summed E-state index contributed by atoms with van der Waals surface area (Å²) in [5.41, 5.74) is 17.6. The van der Waals surface area contributed by atoms with Crippen molar-refractivity contribution in [3.05, 3.63) is 136 Å².